The molecule has 136 valence electrons. The van der Waals surface area contributed by atoms with Crippen LogP contribution in [0, 0.1) is 10.1 Å². The summed E-state index contributed by atoms with van der Waals surface area (Å²) in [6.45, 7) is 1.68. The quantitative estimate of drug-likeness (QED) is 0.478. The first kappa shape index (κ1) is 17.8. The van der Waals surface area contributed by atoms with Gasteiger partial charge in [0.1, 0.15) is 0 Å². The summed E-state index contributed by atoms with van der Waals surface area (Å²) in [5.74, 6) is -0.911. The number of hydrogen-bond donors (Lipinski definition) is 2. The number of nitrogens with one attached hydrogen (secondary N) is 2. The van der Waals surface area contributed by atoms with Crippen LogP contribution in [-0.4, -0.2) is 22.4 Å². The number of hydrazone groups is 1. The monoisotopic (exact) mass is 365 g/mol. The number of anilines is 1. The summed E-state index contributed by atoms with van der Waals surface area (Å²) < 4.78 is 0. The number of amides is 2. The van der Waals surface area contributed by atoms with Gasteiger partial charge in [0.25, 0.3) is 17.5 Å². The van der Waals surface area contributed by atoms with Crippen LogP contribution in [0.1, 0.15) is 17.3 Å². The van der Waals surface area contributed by atoms with E-state index in [1.54, 1.807) is 31.2 Å². The molecule has 0 atom stereocenters. The minimum Gasteiger partial charge on any atom is -0.305 e. The summed E-state index contributed by atoms with van der Waals surface area (Å²) >= 11 is 0. The van der Waals surface area contributed by atoms with Crippen LogP contribution in [0.5, 0.6) is 0 Å². The van der Waals surface area contributed by atoms with Gasteiger partial charge in [-0.15, -0.1) is 0 Å². The third-order valence-corrected chi connectivity index (χ3v) is 3.78. The Morgan fingerprint density at radius 3 is 2.63 bits per heavy atom. The molecule has 0 saturated heterocycles. The van der Waals surface area contributed by atoms with Crippen LogP contribution in [0.25, 0.3) is 0 Å². The van der Waals surface area contributed by atoms with E-state index in [2.05, 4.69) is 16.0 Å². The first-order valence-electron chi connectivity index (χ1n) is 7.93. The molecule has 2 aromatic rings. The maximum Gasteiger partial charge on any atom is 0.282 e. The number of benzene rings is 2. The summed E-state index contributed by atoms with van der Waals surface area (Å²) in [5.41, 5.74) is 6.26. The van der Waals surface area contributed by atoms with E-state index >= 15 is 0 Å². The van der Waals surface area contributed by atoms with E-state index in [4.69, 9.17) is 0 Å². The lowest BCUT2D eigenvalue weighted by molar-refractivity contribution is -0.384. The van der Waals surface area contributed by atoms with Gasteiger partial charge in [0.15, 0.2) is 0 Å². The standard InChI is InChI=1S/C18H15N5O4/c1-12-16(18(25)22(21-12)14-7-3-2-4-8-14)11-19-20-17(24)13-6-5-9-15(10-13)23(26)27/h2-11,19H,1H3,(H,20,24)/b16-11-. The Hall–Kier alpha value is -4.01. The van der Waals surface area contributed by atoms with Crippen molar-refractivity contribution in [1.82, 2.24) is 10.9 Å². The van der Waals surface area contributed by atoms with Gasteiger partial charge in [-0.25, -0.2) is 0 Å². The molecule has 1 aliphatic heterocycles. The Bertz CT molecular complexity index is 969. The van der Waals surface area contributed by atoms with Crippen molar-refractivity contribution in [3.63, 3.8) is 0 Å². The van der Waals surface area contributed by atoms with Crippen LogP contribution in [0.2, 0.25) is 0 Å². The van der Waals surface area contributed by atoms with E-state index in [1.165, 1.54) is 29.4 Å². The molecule has 0 spiro atoms. The first-order chi connectivity index (χ1) is 13.0. The van der Waals surface area contributed by atoms with E-state index in [-0.39, 0.29) is 22.7 Å². The molecular weight excluding hydrogens is 350 g/mol. The van der Waals surface area contributed by atoms with Crippen molar-refractivity contribution in [2.45, 2.75) is 6.92 Å². The van der Waals surface area contributed by atoms with Crippen molar-refractivity contribution in [2.75, 3.05) is 5.01 Å². The molecule has 1 aliphatic rings. The first-order valence-corrected chi connectivity index (χ1v) is 7.93. The summed E-state index contributed by atoms with van der Waals surface area (Å²) in [7, 11) is 0. The van der Waals surface area contributed by atoms with E-state index in [1.807, 2.05) is 6.07 Å². The number of rotatable bonds is 5. The number of nitro groups is 1. The Morgan fingerprint density at radius 1 is 1.19 bits per heavy atom. The maximum atomic E-state index is 12.5. The molecule has 3 rings (SSSR count). The van der Waals surface area contributed by atoms with Crippen molar-refractivity contribution in [1.29, 1.82) is 0 Å². The van der Waals surface area contributed by atoms with Crippen LogP contribution < -0.4 is 15.9 Å². The number of para-hydroxylation sites is 1. The topological polar surface area (TPSA) is 117 Å². The van der Waals surface area contributed by atoms with Crippen LogP contribution in [0.4, 0.5) is 11.4 Å². The highest BCUT2D eigenvalue weighted by molar-refractivity contribution is 6.29. The van der Waals surface area contributed by atoms with Crippen molar-refractivity contribution in [3.8, 4) is 0 Å². The molecule has 9 nitrogen and oxygen atoms in total. The summed E-state index contributed by atoms with van der Waals surface area (Å²) in [4.78, 5) is 34.8. The number of nitrogens with zero attached hydrogens (tertiary/aromatic N) is 3. The molecule has 0 aliphatic carbocycles. The lowest BCUT2D eigenvalue weighted by Gasteiger charge is -2.11. The number of carbonyl (C=O) groups is 2. The largest absolute Gasteiger partial charge is 0.305 e. The van der Waals surface area contributed by atoms with Crippen LogP contribution >= 0.6 is 0 Å². The second kappa shape index (κ2) is 7.48. The number of nitro benzene ring substituents is 1. The van der Waals surface area contributed by atoms with Crippen LogP contribution in [-0.2, 0) is 4.79 Å². The van der Waals surface area contributed by atoms with E-state index < -0.39 is 10.8 Å². The zero-order valence-corrected chi connectivity index (χ0v) is 14.2. The molecule has 0 radical (unpaired) electrons. The predicted molar refractivity (Wildman–Crippen MR) is 98.8 cm³/mol. The molecule has 2 amide bonds. The Balaban J connectivity index is 1.67. The van der Waals surface area contributed by atoms with Crippen molar-refractivity contribution in [3.05, 3.63) is 82.0 Å². The molecule has 0 saturated carbocycles. The van der Waals surface area contributed by atoms with Crippen molar-refractivity contribution < 1.29 is 14.5 Å². The molecule has 2 aromatic carbocycles. The SMILES string of the molecule is CC1=NN(c2ccccc2)C(=O)/C1=C\NNC(=O)c1cccc([N+](=O)[O-])c1. The minimum atomic E-state index is -0.582. The van der Waals surface area contributed by atoms with E-state index in [0.29, 0.717) is 11.4 Å². The fourth-order valence-corrected chi connectivity index (χ4v) is 2.44. The number of carbonyl (C=O) groups excluding carboxylic acids is 2. The molecule has 0 fully saturated rings. The molecule has 27 heavy (non-hydrogen) atoms. The highest BCUT2D eigenvalue weighted by atomic mass is 16.6. The van der Waals surface area contributed by atoms with Gasteiger partial charge in [0, 0.05) is 23.9 Å². The number of hydrazine groups is 1. The molecule has 0 unspecified atom stereocenters. The van der Waals surface area contributed by atoms with Gasteiger partial charge in [0.2, 0.25) is 0 Å². The van der Waals surface area contributed by atoms with Gasteiger partial charge < -0.3 is 5.43 Å². The third kappa shape index (κ3) is 3.82. The van der Waals surface area contributed by atoms with Gasteiger partial charge >= 0.3 is 0 Å². The highest BCUT2D eigenvalue weighted by Gasteiger charge is 2.28. The molecule has 9 heteroatoms. The second-order valence-electron chi connectivity index (χ2n) is 5.60. The molecule has 0 aromatic heterocycles. The Morgan fingerprint density at radius 2 is 1.93 bits per heavy atom. The fraction of sp³-hybridized carbons (Fsp3) is 0.0556. The molecule has 1 heterocycles. The third-order valence-electron chi connectivity index (χ3n) is 3.78. The molecular formula is C18H15N5O4. The van der Waals surface area contributed by atoms with E-state index in [0.717, 1.165) is 6.07 Å². The average Bonchev–Trinajstić information content (AvgIpc) is 2.97. The van der Waals surface area contributed by atoms with Gasteiger partial charge in [-0.2, -0.15) is 10.1 Å². The zero-order valence-electron chi connectivity index (χ0n) is 14.2. The summed E-state index contributed by atoms with van der Waals surface area (Å²) in [6.07, 6.45) is 1.33. The molecule has 2 N–H and O–H groups in total. The van der Waals surface area contributed by atoms with Gasteiger partial charge in [0.05, 0.1) is 21.9 Å². The second-order valence-corrected chi connectivity index (χ2v) is 5.60. The lowest BCUT2D eigenvalue weighted by Crippen LogP contribution is -2.34. The zero-order chi connectivity index (χ0) is 19.4. The highest BCUT2D eigenvalue weighted by Crippen LogP contribution is 2.22. The predicted octanol–water partition coefficient (Wildman–Crippen LogP) is 2.14. The van der Waals surface area contributed by atoms with Crippen molar-refractivity contribution >= 4 is 28.9 Å². The maximum absolute atomic E-state index is 12.5. The van der Waals surface area contributed by atoms with Gasteiger partial charge in [-0.1, -0.05) is 24.3 Å². The summed E-state index contributed by atoms with van der Waals surface area (Å²) in [5, 5.41) is 16.3. The lowest BCUT2D eigenvalue weighted by atomic mass is 10.2. The smallest absolute Gasteiger partial charge is 0.282 e. The van der Waals surface area contributed by atoms with Crippen molar-refractivity contribution in [2.24, 2.45) is 5.10 Å². The number of non-ortho nitro benzene ring substituents is 1. The Labute approximate surface area is 154 Å². The van der Waals surface area contributed by atoms with Crippen LogP contribution in [0.3, 0.4) is 0 Å². The minimum absolute atomic E-state index is 0.115. The Kier molecular flexibility index (Phi) is 4.93. The van der Waals surface area contributed by atoms with Crippen LogP contribution in [0.15, 0.2) is 71.5 Å². The summed E-state index contributed by atoms with van der Waals surface area (Å²) in [6, 6.07) is 14.3. The normalized spacial score (nSPS) is 14.9. The van der Waals surface area contributed by atoms with E-state index in [9.17, 15) is 19.7 Å². The van der Waals surface area contributed by atoms with Gasteiger partial charge in [-0.05, 0) is 25.1 Å². The van der Waals surface area contributed by atoms with Gasteiger partial charge in [-0.3, -0.25) is 25.1 Å². The number of hydrogen-bond acceptors (Lipinski definition) is 6. The molecule has 0 bridgehead atoms. The fourth-order valence-electron chi connectivity index (χ4n) is 2.44. The average molecular weight is 365 g/mol.